The SMILES string of the molecule is CCC[CH2][Sn]([CH2]CCC)([CH2]CCC)[c]1ccc2c(c1)c1c[c]([Sn]([CH2]CCC)([CH2]CCC)[CH2]CCC)ccc1n2C. The molecule has 0 aliphatic heterocycles. The fourth-order valence-electron chi connectivity index (χ4n) is 7.59. The second-order valence-corrected chi connectivity index (χ2v) is 39.7. The van der Waals surface area contributed by atoms with Gasteiger partial charge in [0.15, 0.2) is 0 Å². The molecule has 0 fully saturated rings. The summed E-state index contributed by atoms with van der Waals surface area (Å²) in [6.45, 7) is 14.4. The average Bonchev–Trinajstić information content (AvgIpc) is 3.27. The normalized spacial score (nSPS) is 12.7. The summed E-state index contributed by atoms with van der Waals surface area (Å²) in [6, 6.07) is 15.8. The van der Waals surface area contributed by atoms with Crippen LogP contribution in [0.5, 0.6) is 0 Å². The Bertz CT molecular complexity index is 1030. The molecule has 1 heterocycles. The first-order valence-electron chi connectivity index (χ1n) is 17.5. The second-order valence-electron chi connectivity index (χ2n) is 13.2. The Balaban J connectivity index is 2.22. The van der Waals surface area contributed by atoms with E-state index in [-0.39, 0.29) is 0 Å². The number of aromatic nitrogens is 1. The molecule has 224 valence electrons. The average molecular weight is 759 g/mol. The van der Waals surface area contributed by atoms with Gasteiger partial charge in [0.05, 0.1) is 0 Å². The molecule has 0 aliphatic rings. The standard InChI is InChI=1S/C13H9N.6C4H9.2Sn/c1-14-12-8-4-2-6-10(12)11-7-3-5-9-13(11)14;6*1-3-4-2;;/h4-9H,1H3;6*1,3-4H2,2H3;;. The molecular formula is C37H63NSn2. The van der Waals surface area contributed by atoms with Gasteiger partial charge in [0, 0.05) is 0 Å². The van der Waals surface area contributed by atoms with Gasteiger partial charge in [0.25, 0.3) is 0 Å². The maximum atomic E-state index is 2.76. The molecule has 3 rings (SSSR count). The van der Waals surface area contributed by atoms with Gasteiger partial charge in [-0.15, -0.1) is 0 Å². The molecular weight excluding hydrogens is 696 g/mol. The van der Waals surface area contributed by atoms with Crippen molar-refractivity contribution in [1.82, 2.24) is 4.57 Å². The van der Waals surface area contributed by atoms with E-state index >= 15 is 0 Å². The third-order valence-electron chi connectivity index (χ3n) is 10.3. The van der Waals surface area contributed by atoms with Crippen molar-refractivity contribution in [3.05, 3.63) is 36.4 Å². The van der Waals surface area contributed by atoms with E-state index in [0.717, 1.165) is 0 Å². The summed E-state index contributed by atoms with van der Waals surface area (Å²) in [4.78, 5) is 0. The minimum atomic E-state index is -2.48. The van der Waals surface area contributed by atoms with Crippen LogP contribution in [0.2, 0.25) is 26.6 Å². The van der Waals surface area contributed by atoms with E-state index in [4.69, 9.17) is 0 Å². The number of rotatable bonds is 20. The van der Waals surface area contributed by atoms with Crippen LogP contribution < -0.4 is 7.16 Å². The molecule has 0 radical (unpaired) electrons. The van der Waals surface area contributed by atoms with Crippen LogP contribution in [-0.4, -0.2) is 41.3 Å². The first-order valence-corrected chi connectivity index (χ1v) is 32.4. The maximum absolute atomic E-state index is 2.76. The molecule has 0 saturated heterocycles. The molecule has 0 aliphatic carbocycles. The van der Waals surface area contributed by atoms with Crippen LogP contribution in [0.25, 0.3) is 21.8 Å². The predicted octanol–water partition coefficient (Wildman–Crippen LogP) is 11.4. The van der Waals surface area contributed by atoms with Crippen LogP contribution in [0.4, 0.5) is 0 Å². The first-order chi connectivity index (χ1) is 19.5. The van der Waals surface area contributed by atoms with Gasteiger partial charge in [0.1, 0.15) is 0 Å². The molecule has 0 unspecified atom stereocenters. The van der Waals surface area contributed by atoms with Gasteiger partial charge in [-0.3, -0.25) is 0 Å². The van der Waals surface area contributed by atoms with Gasteiger partial charge in [-0.05, 0) is 0 Å². The van der Waals surface area contributed by atoms with Gasteiger partial charge >= 0.3 is 259 Å². The van der Waals surface area contributed by atoms with Gasteiger partial charge in [-0.2, -0.15) is 0 Å². The molecule has 0 spiro atoms. The van der Waals surface area contributed by atoms with Crippen LogP contribution in [0, 0.1) is 0 Å². The number of hydrogen-bond donors (Lipinski definition) is 0. The fourth-order valence-corrected chi connectivity index (χ4v) is 39.5. The molecule has 3 aromatic rings. The van der Waals surface area contributed by atoms with Gasteiger partial charge in [-0.1, -0.05) is 0 Å². The molecule has 40 heavy (non-hydrogen) atoms. The van der Waals surface area contributed by atoms with Crippen LogP contribution in [-0.2, 0) is 7.05 Å². The van der Waals surface area contributed by atoms with Gasteiger partial charge in [-0.25, -0.2) is 0 Å². The fraction of sp³-hybridized carbons (Fsp3) is 0.676. The molecule has 0 amide bonds. The molecule has 0 bridgehead atoms. The molecule has 2 aromatic carbocycles. The van der Waals surface area contributed by atoms with Crippen LogP contribution >= 0.6 is 0 Å². The Morgan fingerprint density at radius 2 is 0.725 bits per heavy atom. The zero-order valence-corrected chi connectivity index (χ0v) is 33.3. The number of nitrogens with zero attached hydrogens (tertiary/aromatic N) is 1. The summed E-state index contributed by atoms with van der Waals surface area (Å²) in [5.41, 5.74) is 2.91. The monoisotopic (exact) mass is 761 g/mol. The molecule has 3 heteroatoms. The third-order valence-corrected chi connectivity index (χ3v) is 41.5. The number of fused-ring (bicyclic) bond motifs is 3. The van der Waals surface area contributed by atoms with Gasteiger partial charge < -0.3 is 0 Å². The second kappa shape index (κ2) is 17.2. The van der Waals surface area contributed by atoms with Crippen molar-refractivity contribution >= 4 is 65.7 Å². The minimum absolute atomic E-state index is 1.35. The Hall–Kier alpha value is -0.163. The third kappa shape index (κ3) is 8.06. The molecule has 0 saturated carbocycles. The van der Waals surface area contributed by atoms with Crippen LogP contribution in [0.15, 0.2) is 36.4 Å². The molecule has 0 atom stereocenters. The van der Waals surface area contributed by atoms with Crippen molar-refractivity contribution < 1.29 is 0 Å². The van der Waals surface area contributed by atoms with Crippen LogP contribution in [0.3, 0.4) is 0 Å². The van der Waals surface area contributed by atoms with Crippen molar-refractivity contribution in [1.29, 1.82) is 0 Å². The summed E-state index contributed by atoms with van der Waals surface area (Å²) < 4.78 is 15.5. The molecule has 1 aromatic heterocycles. The predicted molar refractivity (Wildman–Crippen MR) is 189 cm³/mol. The van der Waals surface area contributed by atoms with E-state index < -0.39 is 36.8 Å². The summed E-state index contributed by atoms with van der Waals surface area (Å²) >= 11 is -4.97. The Morgan fingerprint density at radius 3 is 0.975 bits per heavy atom. The Morgan fingerprint density at radius 1 is 0.450 bits per heavy atom. The summed E-state index contributed by atoms with van der Waals surface area (Å²) in [5, 5.41) is 3.15. The summed E-state index contributed by atoms with van der Waals surface area (Å²) in [5.74, 6) is 0. The Labute approximate surface area is 257 Å². The van der Waals surface area contributed by atoms with Crippen LogP contribution in [0.1, 0.15) is 119 Å². The molecule has 0 N–H and O–H groups in total. The zero-order valence-electron chi connectivity index (χ0n) is 27.6. The van der Waals surface area contributed by atoms with E-state index in [1.165, 1.54) is 88.1 Å². The first kappa shape index (κ1) is 34.3. The van der Waals surface area contributed by atoms with E-state index in [2.05, 4.69) is 89.6 Å². The van der Waals surface area contributed by atoms with Gasteiger partial charge in [0.2, 0.25) is 0 Å². The quantitative estimate of drug-likeness (QED) is 0.101. The van der Waals surface area contributed by atoms with E-state index in [9.17, 15) is 0 Å². The zero-order chi connectivity index (χ0) is 29.0. The number of hydrogen-bond acceptors (Lipinski definition) is 0. The van der Waals surface area contributed by atoms with Crippen molar-refractivity contribution in [3.8, 4) is 0 Å². The van der Waals surface area contributed by atoms with E-state index in [1.807, 2.05) is 7.16 Å². The van der Waals surface area contributed by atoms with Crippen molar-refractivity contribution in [2.45, 2.75) is 145 Å². The van der Waals surface area contributed by atoms with Crippen molar-refractivity contribution in [2.24, 2.45) is 7.05 Å². The summed E-state index contributed by atoms with van der Waals surface area (Å²) in [6.07, 6.45) is 16.7. The Kier molecular flexibility index (Phi) is 14.8. The van der Waals surface area contributed by atoms with E-state index in [1.54, 1.807) is 37.4 Å². The number of unbranched alkanes of at least 4 members (excludes halogenated alkanes) is 6. The number of aryl methyl sites for hydroxylation is 1. The van der Waals surface area contributed by atoms with Crippen molar-refractivity contribution in [3.63, 3.8) is 0 Å². The number of benzene rings is 2. The van der Waals surface area contributed by atoms with E-state index in [0.29, 0.717) is 0 Å². The molecule has 1 nitrogen and oxygen atoms in total. The summed E-state index contributed by atoms with van der Waals surface area (Å²) in [7, 11) is 2.31. The topological polar surface area (TPSA) is 4.93 Å². The van der Waals surface area contributed by atoms with Crippen molar-refractivity contribution in [2.75, 3.05) is 0 Å².